The van der Waals surface area contributed by atoms with Gasteiger partial charge in [-0.3, -0.25) is 10.6 Å². The maximum Gasteiger partial charge on any atom is 0.358 e. The lowest BCUT2D eigenvalue weighted by molar-refractivity contribution is -0.666. The van der Waals surface area contributed by atoms with E-state index in [0.29, 0.717) is 16.7 Å². The molecular formula is C17H18N5O2S+. The largest absolute Gasteiger partial charge is 0.497 e. The van der Waals surface area contributed by atoms with Crippen LogP contribution in [0.5, 0.6) is 5.75 Å². The van der Waals surface area contributed by atoms with E-state index in [-0.39, 0.29) is 11.7 Å². The predicted octanol–water partition coefficient (Wildman–Crippen LogP) is 1.82. The number of thioether (sulfide) groups is 1. The first-order chi connectivity index (χ1) is 12.2. The number of hydrogen-bond acceptors (Lipinski definition) is 5. The normalized spacial score (nSPS) is 10.4. The minimum Gasteiger partial charge on any atom is -0.497 e. The van der Waals surface area contributed by atoms with E-state index in [4.69, 9.17) is 10.6 Å². The van der Waals surface area contributed by atoms with Crippen molar-refractivity contribution in [2.45, 2.75) is 5.16 Å². The lowest BCUT2D eigenvalue weighted by atomic mass is 10.2. The molecule has 0 radical (unpaired) electrons. The van der Waals surface area contributed by atoms with Gasteiger partial charge in [0.15, 0.2) is 0 Å². The van der Waals surface area contributed by atoms with Crippen LogP contribution in [0, 0.1) is 0 Å². The molecule has 128 valence electrons. The number of aromatic amines is 1. The Bertz CT molecular complexity index is 849. The van der Waals surface area contributed by atoms with Crippen LogP contribution >= 0.6 is 11.8 Å². The highest BCUT2D eigenvalue weighted by Gasteiger charge is 2.20. The highest BCUT2D eigenvalue weighted by Crippen LogP contribution is 2.18. The van der Waals surface area contributed by atoms with E-state index in [1.165, 1.54) is 16.4 Å². The van der Waals surface area contributed by atoms with Crippen molar-refractivity contribution in [3.63, 3.8) is 0 Å². The molecule has 0 atom stereocenters. The Kier molecular flexibility index (Phi) is 5.20. The minimum atomic E-state index is -0.139. The van der Waals surface area contributed by atoms with Gasteiger partial charge in [-0.05, 0) is 48.2 Å². The molecule has 2 aromatic carbocycles. The number of anilines is 1. The summed E-state index contributed by atoms with van der Waals surface area (Å²) in [5, 5.41) is 10.4. The van der Waals surface area contributed by atoms with Gasteiger partial charge in [-0.2, -0.15) is 0 Å². The smallest absolute Gasteiger partial charge is 0.358 e. The first-order valence-electron chi connectivity index (χ1n) is 7.55. The molecule has 0 aliphatic heterocycles. The number of methoxy groups -OCH3 is 1. The molecule has 0 unspecified atom stereocenters. The molecule has 3 rings (SSSR count). The molecule has 1 aromatic heterocycles. The second kappa shape index (κ2) is 7.71. The molecule has 8 heteroatoms. The summed E-state index contributed by atoms with van der Waals surface area (Å²) in [4.78, 5) is 12.1. The molecule has 0 saturated carbocycles. The van der Waals surface area contributed by atoms with Gasteiger partial charge >= 0.3 is 5.16 Å². The van der Waals surface area contributed by atoms with Crippen LogP contribution in [0.25, 0.3) is 11.4 Å². The highest BCUT2D eigenvalue weighted by molar-refractivity contribution is 7.99. The van der Waals surface area contributed by atoms with Crippen molar-refractivity contribution in [3.8, 4) is 17.1 Å². The molecule has 3 aromatic rings. The number of hydrogen-bond donors (Lipinski definition) is 3. The Morgan fingerprint density at radius 1 is 1.24 bits per heavy atom. The van der Waals surface area contributed by atoms with Crippen LogP contribution in [0.3, 0.4) is 0 Å². The van der Waals surface area contributed by atoms with Crippen molar-refractivity contribution in [1.29, 1.82) is 0 Å². The lowest BCUT2D eigenvalue weighted by Gasteiger charge is -2.05. The van der Waals surface area contributed by atoms with Crippen LogP contribution in [0.15, 0.2) is 59.8 Å². The Labute approximate surface area is 149 Å². The average molecular weight is 356 g/mol. The number of nitrogens with two attached hydrogens (primary N) is 1. The van der Waals surface area contributed by atoms with Crippen molar-refractivity contribution in [2.24, 2.45) is 0 Å². The fraction of sp³-hybridized carbons (Fsp3) is 0.118. The molecule has 7 nitrogen and oxygen atoms in total. The van der Waals surface area contributed by atoms with Crippen LogP contribution in [0.4, 0.5) is 5.69 Å². The van der Waals surface area contributed by atoms with E-state index in [0.717, 1.165) is 11.3 Å². The second-order valence-corrected chi connectivity index (χ2v) is 6.10. The van der Waals surface area contributed by atoms with Gasteiger partial charge in [0.1, 0.15) is 5.75 Å². The van der Waals surface area contributed by atoms with E-state index >= 15 is 0 Å². The maximum absolute atomic E-state index is 12.1. The number of amides is 1. The van der Waals surface area contributed by atoms with Crippen LogP contribution in [0.1, 0.15) is 0 Å². The Balaban J connectivity index is 1.60. The van der Waals surface area contributed by atoms with Crippen molar-refractivity contribution < 1.29 is 14.2 Å². The SMILES string of the molecule is COc1ccc(NC(=O)CSc2n[nH]c(-c3ccccc3)[n+]2N)cc1. The van der Waals surface area contributed by atoms with Crippen LogP contribution in [-0.2, 0) is 4.79 Å². The summed E-state index contributed by atoms with van der Waals surface area (Å²) in [6.45, 7) is 0. The van der Waals surface area contributed by atoms with E-state index in [1.807, 2.05) is 30.3 Å². The standard InChI is InChI=1S/C17H17N5O2S/c1-24-14-9-7-13(8-10-14)19-15(23)11-25-17-21-20-16(22(17)18)12-5-3-2-4-6-12/h2-10H,11,18H2,1H3,(H,19,23)/p+1. The fourth-order valence-electron chi connectivity index (χ4n) is 2.21. The summed E-state index contributed by atoms with van der Waals surface area (Å²) in [5.41, 5.74) is 1.63. The van der Waals surface area contributed by atoms with Crippen LogP contribution in [0.2, 0.25) is 0 Å². The number of rotatable bonds is 6. The number of aromatic nitrogens is 3. The number of carbonyl (C=O) groups is 1. The van der Waals surface area contributed by atoms with Gasteiger partial charge in [-0.25, -0.2) is 0 Å². The average Bonchev–Trinajstić information content (AvgIpc) is 3.02. The Morgan fingerprint density at radius 3 is 2.64 bits per heavy atom. The van der Waals surface area contributed by atoms with Gasteiger partial charge in [0.25, 0.3) is 5.82 Å². The summed E-state index contributed by atoms with van der Waals surface area (Å²) < 4.78 is 6.53. The van der Waals surface area contributed by atoms with Crippen LogP contribution < -0.4 is 20.6 Å². The van der Waals surface area contributed by atoms with E-state index in [9.17, 15) is 4.79 Å². The van der Waals surface area contributed by atoms with E-state index < -0.39 is 0 Å². The van der Waals surface area contributed by atoms with Gasteiger partial charge in [0.05, 0.1) is 23.5 Å². The fourth-order valence-corrected chi connectivity index (χ4v) is 2.88. The maximum atomic E-state index is 12.1. The molecule has 0 aliphatic carbocycles. The zero-order valence-corrected chi connectivity index (χ0v) is 14.4. The number of H-pyrrole nitrogens is 1. The first kappa shape index (κ1) is 16.8. The van der Waals surface area contributed by atoms with E-state index in [2.05, 4.69) is 15.5 Å². The molecule has 0 saturated heterocycles. The second-order valence-electron chi connectivity index (χ2n) is 5.16. The number of nitrogen functional groups attached to an aromatic ring is 1. The molecule has 0 fully saturated rings. The molecule has 0 bridgehead atoms. The van der Waals surface area contributed by atoms with Gasteiger partial charge in [0, 0.05) is 5.69 Å². The molecule has 25 heavy (non-hydrogen) atoms. The Hall–Kier alpha value is -3.00. The number of nitrogens with one attached hydrogen (secondary N) is 2. The zero-order valence-electron chi connectivity index (χ0n) is 13.6. The monoisotopic (exact) mass is 356 g/mol. The van der Waals surface area contributed by atoms with Gasteiger partial charge in [-0.1, -0.05) is 18.2 Å². The quantitative estimate of drug-likeness (QED) is 0.356. The third-order valence-electron chi connectivity index (χ3n) is 3.46. The predicted molar refractivity (Wildman–Crippen MR) is 96.7 cm³/mol. The molecule has 0 spiro atoms. The molecule has 1 amide bonds. The summed E-state index contributed by atoms with van der Waals surface area (Å²) in [7, 11) is 1.60. The minimum absolute atomic E-state index is 0.139. The third-order valence-corrected chi connectivity index (χ3v) is 4.41. The van der Waals surface area contributed by atoms with Gasteiger partial charge in [0.2, 0.25) is 5.91 Å². The lowest BCUT2D eigenvalue weighted by Crippen LogP contribution is -2.47. The Morgan fingerprint density at radius 2 is 1.96 bits per heavy atom. The van der Waals surface area contributed by atoms with Crippen LogP contribution in [-0.4, -0.2) is 29.0 Å². The van der Waals surface area contributed by atoms with Crippen molar-refractivity contribution in [3.05, 3.63) is 54.6 Å². The van der Waals surface area contributed by atoms with Crippen molar-refractivity contribution >= 4 is 23.4 Å². The summed E-state index contributed by atoms with van der Waals surface area (Å²) in [6.07, 6.45) is 0. The number of ether oxygens (including phenoxy) is 1. The zero-order chi connectivity index (χ0) is 17.6. The molecule has 4 N–H and O–H groups in total. The number of nitrogens with zero attached hydrogens (tertiary/aromatic N) is 2. The summed E-state index contributed by atoms with van der Waals surface area (Å²) in [5.74, 6) is 7.54. The van der Waals surface area contributed by atoms with Gasteiger partial charge in [-0.15, -0.1) is 9.77 Å². The molecular weight excluding hydrogens is 338 g/mol. The number of benzene rings is 2. The van der Waals surface area contributed by atoms with Crippen molar-refractivity contribution in [1.82, 2.24) is 10.2 Å². The highest BCUT2D eigenvalue weighted by atomic mass is 32.2. The van der Waals surface area contributed by atoms with E-state index in [1.54, 1.807) is 31.4 Å². The third kappa shape index (κ3) is 4.10. The topological polar surface area (TPSA) is 96.9 Å². The summed E-state index contributed by atoms with van der Waals surface area (Å²) in [6, 6.07) is 16.8. The first-order valence-corrected chi connectivity index (χ1v) is 8.53. The number of carbonyl (C=O) groups excluding carboxylic acids is 1. The molecule has 0 aliphatic rings. The van der Waals surface area contributed by atoms with Crippen molar-refractivity contribution in [2.75, 3.05) is 24.0 Å². The molecule has 1 heterocycles. The summed E-state index contributed by atoms with van der Waals surface area (Å²) >= 11 is 1.26. The van der Waals surface area contributed by atoms with Gasteiger partial charge < -0.3 is 10.1 Å².